The first-order valence-electron chi connectivity index (χ1n) is 4.80. The van der Waals surface area contributed by atoms with E-state index in [1.165, 1.54) is 0 Å². The summed E-state index contributed by atoms with van der Waals surface area (Å²) in [4.78, 5) is 13.1. The third-order valence-corrected chi connectivity index (χ3v) is 3.52. The van der Waals surface area contributed by atoms with Gasteiger partial charge in [0, 0.05) is 26.2 Å². The first kappa shape index (κ1) is 9.28. The van der Waals surface area contributed by atoms with E-state index in [0.717, 1.165) is 39.0 Å². The fraction of sp³-hybridized carbons (Fsp3) is 0.889. The number of likely N-dealkylation sites (tertiary alicyclic amines) is 1. The maximum absolute atomic E-state index is 11.3. The van der Waals surface area contributed by atoms with Crippen LogP contribution < -0.4 is 5.32 Å². The van der Waals surface area contributed by atoms with Crippen LogP contribution in [-0.4, -0.2) is 42.9 Å². The highest BCUT2D eigenvalue weighted by Gasteiger charge is 2.40. The zero-order chi connectivity index (χ0) is 9.31. The van der Waals surface area contributed by atoms with Crippen molar-refractivity contribution in [2.45, 2.75) is 12.8 Å². The zero-order valence-electron chi connectivity index (χ0n) is 7.68. The highest BCUT2D eigenvalue weighted by molar-refractivity contribution is 6.27. The Morgan fingerprint density at radius 3 is 2.38 bits per heavy atom. The van der Waals surface area contributed by atoms with Crippen LogP contribution in [0.25, 0.3) is 0 Å². The third kappa shape index (κ3) is 1.67. The molecule has 3 nitrogen and oxygen atoms in total. The summed E-state index contributed by atoms with van der Waals surface area (Å²) in [6.07, 6.45) is 2.28. The van der Waals surface area contributed by atoms with Gasteiger partial charge in [0.2, 0.25) is 5.91 Å². The Kier molecular flexibility index (Phi) is 2.47. The number of piperidine rings is 1. The predicted octanol–water partition coefficient (Wildman–Crippen LogP) is 0.437. The molecule has 2 aliphatic heterocycles. The van der Waals surface area contributed by atoms with Crippen molar-refractivity contribution in [1.82, 2.24) is 10.2 Å². The Labute approximate surface area is 83.4 Å². The Morgan fingerprint density at radius 2 is 2.00 bits per heavy atom. The molecule has 2 heterocycles. The monoisotopic (exact) mass is 202 g/mol. The number of halogens is 1. The van der Waals surface area contributed by atoms with Gasteiger partial charge in [-0.25, -0.2) is 0 Å². The lowest BCUT2D eigenvalue weighted by atomic mass is 9.73. The number of hydrogen-bond acceptors (Lipinski definition) is 2. The molecule has 2 saturated heterocycles. The van der Waals surface area contributed by atoms with Crippen LogP contribution in [0, 0.1) is 5.41 Å². The maximum atomic E-state index is 11.3. The summed E-state index contributed by atoms with van der Waals surface area (Å²) < 4.78 is 0. The Hall–Kier alpha value is -0.280. The zero-order valence-corrected chi connectivity index (χ0v) is 8.44. The molecule has 0 aliphatic carbocycles. The molecule has 2 aliphatic rings. The fourth-order valence-corrected chi connectivity index (χ4v) is 2.32. The van der Waals surface area contributed by atoms with Crippen LogP contribution >= 0.6 is 11.6 Å². The SMILES string of the molecule is O=C(CCl)N1CCC2(CC1)CNC2. The summed E-state index contributed by atoms with van der Waals surface area (Å²) in [5.41, 5.74) is 0.517. The summed E-state index contributed by atoms with van der Waals surface area (Å²) in [5, 5.41) is 3.30. The van der Waals surface area contributed by atoms with Crippen molar-refractivity contribution in [3.63, 3.8) is 0 Å². The van der Waals surface area contributed by atoms with Gasteiger partial charge in [0.25, 0.3) is 0 Å². The number of hydrogen-bond donors (Lipinski definition) is 1. The number of carbonyl (C=O) groups excluding carboxylic acids is 1. The van der Waals surface area contributed by atoms with E-state index in [1.54, 1.807) is 0 Å². The smallest absolute Gasteiger partial charge is 0.237 e. The van der Waals surface area contributed by atoms with Crippen LogP contribution in [-0.2, 0) is 4.79 Å². The molecule has 0 radical (unpaired) electrons. The molecule has 1 N–H and O–H groups in total. The molecule has 0 atom stereocenters. The van der Waals surface area contributed by atoms with Gasteiger partial charge in [-0.2, -0.15) is 0 Å². The van der Waals surface area contributed by atoms with Gasteiger partial charge in [-0.3, -0.25) is 4.79 Å². The molecule has 74 valence electrons. The van der Waals surface area contributed by atoms with Gasteiger partial charge in [-0.05, 0) is 18.3 Å². The standard InChI is InChI=1S/C9H15ClN2O/c10-5-8(13)12-3-1-9(2-4-12)6-11-7-9/h11H,1-7H2. The molecular weight excluding hydrogens is 188 g/mol. The second-order valence-corrected chi connectivity index (χ2v) is 4.39. The molecule has 0 aromatic heterocycles. The fourth-order valence-electron chi connectivity index (χ4n) is 2.15. The van der Waals surface area contributed by atoms with Crippen molar-refractivity contribution in [3.05, 3.63) is 0 Å². The minimum Gasteiger partial charge on any atom is -0.342 e. The number of alkyl halides is 1. The van der Waals surface area contributed by atoms with E-state index < -0.39 is 0 Å². The average molecular weight is 203 g/mol. The highest BCUT2D eigenvalue weighted by Crippen LogP contribution is 2.34. The molecule has 2 rings (SSSR count). The number of carbonyl (C=O) groups is 1. The van der Waals surface area contributed by atoms with E-state index in [2.05, 4.69) is 5.32 Å². The highest BCUT2D eigenvalue weighted by atomic mass is 35.5. The Morgan fingerprint density at radius 1 is 1.38 bits per heavy atom. The van der Waals surface area contributed by atoms with E-state index >= 15 is 0 Å². The van der Waals surface area contributed by atoms with Crippen molar-refractivity contribution >= 4 is 17.5 Å². The van der Waals surface area contributed by atoms with Crippen LogP contribution in [0.1, 0.15) is 12.8 Å². The second kappa shape index (κ2) is 3.46. The normalized spacial score (nSPS) is 25.8. The Bertz CT molecular complexity index is 206. The number of nitrogens with one attached hydrogen (secondary N) is 1. The molecule has 0 aromatic carbocycles. The lowest BCUT2D eigenvalue weighted by Gasteiger charge is -2.48. The van der Waals surface area contributed by atoms with Gasteiger partial charge in [-0.1, -0.05) is 0 Å². The van der Waals surface area contributed by atoms with Gasteiger partial charge in [0.15, 0.2) is 0 Å². The molecule has 4 heteroatoms. The first-order valence-corrected chi connectivity index (χ1v) is 5.34. The van der Waals surface area contributed by atoms with Gasteiger partial charge < -0.3 is 10.2 Å². The molecule has 1 amide bonds. The van der Waals surface area contributed by atoms with E-state index in [1.807, 2.05) is 4.90 Å². The minimum absolute atomic E-state index is 0.0869. The Balaban J connectivity index is 1.85. The predicted molar refractivity (Wildman–Crippen MR) is 51.8 cm³/mol. The quantitative estimate of drug-likeness (QED) is 0.626. The molecular formula is C9H15ClN2O. The number of nitrogens with zero attached hydrogens (tertiary/aromatic N) is 1. The van der Waals surface area contributed by atoms with Crippen LogP contribution in [0.5, 0.6) is 0 Å². The second-order valence-electron chi connectivity index (χ2n) is 4.12. The van der Waals surface area contributed by atoms with Crippen molar-refractivity contribution in [3.8, 4) is 0 Å². The van der Waals surface area contributed by atoms with Gasteiger partial charge in [-0.15, -0.1) is 11.6 Å². The summed E-state index contributed by atoms with van der Waals surface area (Å²) >= 11 is 5.50. The van der Waals surface area contributed by atoms with Crippen molar-refractivity contribution < 1.29 is 4.79 Å². The summed E-state index contributed by atoms with van der Waals surface area (Å²) in [6, 6.07) is 0. The summed E-state index contributed by atoms with van der Waals surface area (Å²) in [5.74, 6) is 0.217. The molecule has 0 bridgehead atoms. The van der Waals surface area contributed by atoms with Crippen LogP contribution in [0.3, 0.4) is 0 Å². The van der Waals surface area contributed by atoms with Crippen LogP contribution in [0.15, 0.2) is 0 Å². The molecule has 0 saturated carbocycles. The number of rotatable bonds is 1. The lowest BCUT2D eigenvalue weighted by molar-refractivity contribution is -0.131. The van der Waals surface area contributed by atoms with E-state index in [0.29, 0.717) is 5.41 Å². The number of amides is 1. The van der Waals surface area contributed by atoms with E-state index in [-0.39, 0.29) is 11.8 Å². The van der Waals surface area contributed by atoms with Gasteiger partial charge in [0.05, 0.1) is 0 Å². The van der Waals surface area contributed by atoms with Crippen LogP contribution in [0.2, 0.25) is 0 Å². The molecule has 2 fully saturated rings. The van der Waals surface area contributed by atoms with Crippen molar-refractivity contribution in [2.24, 2.45) is 5.41 Å². The molecule has 0 aromatic rings. The third-order valence-electron chi connectivity index (χ3n) is 3.29. The molecule has 0 unspecified atom stereocenters. The summed E-state index contributed by atoms with van der Waals surface area (Å²) in [6.45, 7) is 4.06. The maximum Gasteiger partial charge on any atom is 0.237 e. The molecule has 13 heavy (non-hydrogen) atoms. The van der Waals surface area contributed by atoms with Gasteiger partial charge in [0.1, 0.15) is 5.88 Å². The first-order chi connectivity index (χ1) is 6.26. The largest absolute Gasteiger partial charge is 0.342 e. The summed E-state index contributed by atoms with van der Waals surface area (Å²) in [7, 11) is 0. The van der Waals surface area contributed by atoms with Crippen molar-refractivity contribution in [2.75, 3.05) is 32.1 Å². The van der Waals surface area contributed by atoms with Gasteiger partial charge >= 0.3 is 0 Å². The lowest BCUT2D eigenvalue weighted by Crippen LogP contribution is -2.58. The average Bonchev–Trinajstić information content (AvgIpc) is 2.14. The minimum atomic E-state index is 0.0869. The topological polar surface area (TPSA) is 32.3 Å². The van der Waals surface area contributed by atoms with E-state index in [9.17, 15) is 4.79 Å². The van der Waals surface area contributed by atoms with Crippen molar-refractivity contribution in [1.29, 1.82) is 0 Å². The molecule has 1 spiro atoms. The van der Waals surface area contributed by atoms with Crippen LogP contribution in [0.4, 0.5) is 0 Å². The van der Waals surface area contributed by atoms with E-state index in [4.69, 9.17) is 11.6 Å².